The lowest BCUT2D eigenvalue weighted by Gasteiger charge is -2.15. The molecule has 0 fully saturated rings. The highest BCUT2D eigenvalue weighted by molar-refractivity contribution is 6.32. The average molecular weight is 229 g/mol. The minimum atomic E-state index is -0.888. The van der Waals surface area contributed by atoms with Crippen LogP contribution in [0.15, 0.2) is 12.1 Å². The van der Waals surface area contributed by atoms with E-state index < -0.39 is 5.97 Å². The number of rotatable bonds is 3. The van der Waals surface area contributed by atoms with E-state index in [4.69, 9.17) is 16.7 Å². The third kappa shape index (κ3) is 2.63. The van der Waals surface area contributed by atoms with Gasteiger partial charge in [0.05, 0.1) is 11.4 Å². The van der Waals surface area contributed by atoms with Crippen LogP contribution in [-0.4, -0.2) is 16.2 Å². The maximum Gasteiger partial charge on any atom is 0.303 e. The van der Waals surface area contributed by atoms with E-state index in [-0.39, 0.29) is 23.1 Å². The first-order valence-corrected chi connectivity index (χ1v) is 5.01. The molecule has 0 heterocycles. The van der Waals surface area contributed by atoms with Gasteiger partial charge >= 0.3 is 5.97 Å². The molecule has 0 bridgehead atoms. The monoisotopic (exact) mass is 228 g/mol. The van der Waals surface area contributed by atoms with Gasteiger partial charge in [-0.2, -0.15) is 0 Å². The van der Waals surface area contributed by atoms with Gasteiger partial charge in [-0.05, 0) is 24.5 Å². The quantitative estimate of drug-likeness (QED) is 0.836. The molecule has 0 aliphatic rings. The molecule has 1 unspecified atom stereocenters. The van der Waals surface area contributed by atoms with Crippen LogP contribution < -0.4 is 0 Å². The maximum atomic E-state index is 10.6. The summed E-state index contributed by atoms with van der Waals surface area (Å²) in [4.78, 5) is 10.6. The molecule has 0 spiro atoms. The Morgan fingerprint density at radius 2 is 2.13 bits per heavy atom. The van der Waals surface area contributed by atoms with Gasteiger partial charge in [0.15, 0.2) is 0 Å². The number of carboxylic acids is 1. The number of carbonyl (C=O) groups is 1. The summed E-state index contributed by atoms with van der Waals surface area (Å²) in [5, 5.41) is 18.7. The van der Waals surface area contributed by atoms with Gasteiger partial charge in [0, 0.05) is 5.56 Å². The highest BCUT2D eigenvalue weighted by Gasteiger charge is 2.18. The number of halogens is 1. The Labute approximate surface area is 93.3 Å². The van der Waals surface area contributed by atoms with E-state index in [2.05, 4.69) is 0 Å². The summed E-state index contributed by atoms with van der Waals surface area (Å²) in [6, 6.07) is 3.37. The normalized spacial score (nSPS) is 12.5. The van der Waals surface area contributed by atoms with Crippen molar-refractivity contribution in [2.45, 2.75) is 26.2 Å². The summed E-state index contributed by atoms with van der Waals surface area (Å²) in [6.45, 7) is 3.58. The van der Waals surface area contributed by atoms with Crippen LogP contribution in [0.4, 0.5) is 0 Å². The Balaban J connectivity index is 3.12. The Morgan fingerprint density at radius 1 is 1.53 bits per heavy atom. The first-order chi connectivity index (χ1) is 6.93. The number of phenolic OH excluding ortho intramolecular Hbond substituents is 1. The highest BCUT2D eigenvalue weighted by Crippen LogP contribution is 2.36. The molecule has 0 aliphatic carbocycles. The molecule has 0 saturated heterocycles. The van der Waals surface area contributed by atoms with E-state index in [1.54, 1.807) is 19.1 Å². The van der Waals surface area contributed by atoms with Crippen molar-refractivity contribution >= 4 is 17.6 Å². The largest absolute Gasteiger partial charge is 0.506 e. The van der Waals surface area contributed by atoms with Crippen LogP contribution in [0.2, 0.25) is 5.02 Å². The molecule has 1 rings (SSSR count). The molecule has 1 aromatic rings. The van der Waals surface area contributed by atoms with E-state index in [0.29, 0.717) is 5.56 Å². The fourth-order valence-corrected chi connectivity index (χ4v) is 1.83. The van der Waals surface area contributed by atoms with Gasteiger partial charge in [-0.3, -0.25) is 4.79 Å². The topological polar surface area (TPSA) is 57.5 Å². The lowest BCUT2D eigenvalue weighted by Crippen LogP contribution is -2.04. The predicted molar refractivity (Wildman–Crippen MR) is 58.5 cm³/mol. The van der Waals surface area contributed by atoms with Crippen molar-refractivity contribution in [2.24, 2.45) is 0 Å². The minimum Gasteiger partial charge on any atom is -0.506 e. The van der Waals surface area contributed by atoms with Crippen molar-refractivity contribution in [2.75, 3.05) is 0 Å². The molecule has 3 nitrogen and oxygen atoms in total. The molecule has 0 saturated carbocycles. The fourth-order valence-electron chi connectivity index (χ4n) is 1.67. The van der Waals surface area contributed by atoms with Gasteiger partial charge in [0.25, 0.3) is 0 Å². The SMILES string of the molecule is Cc1ccc(Cl)c(O)c1C(C)CC(=O)O. The standard InChI is InChI=1S/C11H13ClO3/c1-6-3-4-8(12)11(15)10(6)7(2)5-9(13)14/h3-4,7,15H,5H2,1-2H3,(H,13,14). The van der Waals surface area contributed by atoms with E-state index in [1.807, 2.05) is 6.92 Å². The average Bonchev–Trinajstić information content (AvgIpc) is 2.11. The van der Waals surface area contributed by atoms with Gasteiger partial charge in [-0.25, -0.2) is 0 Å². The number of carboxylic acid groups (broad SMARTS) is 1. The Bertz CT molecular complexity index is 388. The van der Waals surface area contributed by atoms with Crippen molar-refractivity contribution < 1.29 is 15.0 Å². The second-order valence-electron chi connectivity index (χ2n) is 3.63. The summed E-state index contributed by atoms with van der Waals surface area (Å²) >= 11 is 5.77. The second kappa shape index (κ2) is 4.53. The van der Waals surface area contributed by atoms with E-state index in [0.717, 1.165) is 5.56 Å². The van der Waals surface area contributed by atoms with Crippen LogP contribution in [0.25, 0.3) is 0 Å². The van der Waals surface area contributed by atoms with Crippen LogP contribution in [0, 0.1) is 6.92 Å². The first kappa shape index (κ1) is 11.9. The van der Waals surface area contributed by atoms with Crippen LogP contribution in [-0.2, 0) is 4.79 Å². The first-order valence-electron chi connectivity index (χ1n) is 4.63. The summed E-state index contributed by atoms with van der Waals surface area (Å²) < 4.78 is 0. The van der Waals surface area contributed by atoms with Crippen LogP contribution in [0.3, 0.4) is 0 Å². The highest BCUT2D eigenvalue weighted by atomic mass is 35.5. The molecule has 82 valence electrons. The number of aromatic hydroxyl groups is 1. The van der Waals surface area contributed by atoms with Crippen molar-refractivity contribution in [3.63, 3.8) is 0 Å². The molecule has 4 heteroatoms. The molecular formula is C11H13ClO3. The van der Waals surface area contributed by atoms with Gasteiger partial charge in [-0.1, -0.05) is 24.6 Å². The molecule has 0 aromatic heterocycles. The molecule has 1 atom stereocenters. The van der Waals surface area contributed by atoms with Crippen LogP contribution >= 0.6 is 11.6 Å². The zero-order valence-electron chi connectivity index (χ0n) is 8.62. The number of hydrogen-bond donors (Lipinski definition) is 2. The summed E-state index contributed by atoms with van der Waals surface area (Å²) in [5.41, 5.74) is 1.47. The minimum absolute atomic E-state index is 0.00887. The van der Waals surface area contributed by atoms with Gasteiger partial charge in [0.2, 0.25) is 0 Å². The number of hydrogen-bond acceptors (Lipinski definition) is 2. The van der Waals surface area contributed by atoms with Crippen molar-refractivity contribution in [3.05, 3.63) is 28.3 Å². The smallest absolute Gasteiger partial charge is 0.303 e. The molecule has 0 radical (unpaired) electrons. The molecule has 0 amide bonds. The van der Waals surface area contributed by atoms with E-state index >= 15 is 0 Å². The Morgan fingerprint density at radius 3 is 2.67 bits per heavy atom. The summed E-state index contributed by atoms with van der Waals surface area (Å²) in [7, 11) is 0. The molecular weight excluding hydrogens is 216 g/mol. The number of phenols is 1. The van der Waals surface area contributed by atoms with Crippen LogP contribution in [0.5, 0.6) is 5.75 Å². The molecule has 1 aromatic carbocycles. The zero-order valence-corrected chi connectivity index (χ0v) is 9.38. The zero-order chi connectivity index (χ0) is 11.6. The fraction of sp³-hybridized carbons (Fsp3) is 0.364. The van der Waals surface area contributed by atoms with E-state index in [9.17, 15) is 9.90 Å². The van der Waals surface area contributed by atoms with Gasteiger partial charge < -0.3 is 10.2 Å². The lowest BCUT2D eigenvalue weighted by molar-refractivity contribution is -0.137. The van der Waals surface area contributed by atoms with Gasteiger partial charge in [0.1, 0.15) is 5.75 Å². The lowest BCUT2D eigenvalue weighted by atomic mass is 9.93. The third-order valence-electron chi connectivity index (χ3n) is 2.36. The van der Waals surface area contributed by atoms with Crippen molar-refractivity contribution in [1.29, 1.82) is 0 Å². The van der Waals surface area contributed by atoms with Crippen molar-refractivity contribution in [1.82, 2.24) is 0 Å². The summed E-state index contributed by atoms with van der Waals surface area (Å²) in [6.07, 6.45) is -0.0191. The third-order valence-corrected chi connectivity index (χ3v) is 2.66. The Hall–Kier alpha value is -1.22. The second-order valence-corrected chi connectivity index (χ2v) is 4.03. The number of aryl methyl sites for hydroxylation is 1. The molecule has 0 aliphatic heterocycles. The maximum absolute atomic E-state index is 10.6. The van der Waals surface area contributed by atoms with Gasteiger partial charge in [-0.15, -0.1) is 0 Å². The van der Waals surface area contributed by atoms with Crippen LogP contribution in [0.1, 0.15) is 30.4 Å². The van der Waals surface area contributed by atoms with E-state index in [1.165, 1.54) is 0 Å². The predicted octanol–water partition coefficient (Wildman–Crippen LogP) is 2.93. The number of aliphatic carboxylic acids is 1. The Kier molecular flexibility index (Phi) is 3.58. The molecule has 2 N–H and O–H groups in total. The number of benzene rings is 1. The summed E-state index contributed by atoms with van der Waals surface area (Å²) in [5.74, 6) is -1.15. The molecule has 15 heavy (non-hydrogen) atoms. The van der Waals surface area contributed by atoms with Crippen molar-refractivity contribution in [3.8, 4) is 5.75 Å².